The third kappa shape index (κ3) is 5.19. The lowest BCUT2D eigenvalue weighted by Crippen LogP contribution is -2.36. The van der Waals surface area contributed by atoms with Crippen LogP contribution in [0.25, 0.3) is 11.1 Å². The number of halogens is 1. The summed E-state index contributed by atoms with van der Waals surface area (Å²) >= 11 is 0. The number of carboxylic acids is 1. The fourth-order valence-corrected chi connectivity index (χ4v) is 6.80. The van der Waals surface area contributed by atoms with E-state index in [9.17, 15) is 19.4 Å². The molecule has 210 valence electrons. The lowest BCUT2D eigenvalue weighted by atomic mass is 9.78. The first kappa shape index (κ1) is 26.8. The summed E-state index contributed by atoms with van der Waals surface area (Å²) in [5.74, 6) is 0.555. The minimum atomic E-state index is -0.714. The normalized spacial score (nSPS) is 25.2. The highest BCUT2D eigenvalue weighted by atomic mass is 19.1. The van der Waals surface area contributed by atoms with Gasteiger partial charge < -0.3 is 19.7 Å². The van der Waals surface area contributed by atoms with Crippen LogP contribution in [0.1, 0.15) is 67.8 Å². The fourth-order valence-electron chi connectivity index (χ4n) is 6.80. The number of rotatable bonds is 8. The van der Waals surface area contributed by atoms with Crippen molar-refractivity contribution in [3.8, 4) is 22.8 Å². The smallest absolute Gasteiger partial charge is 0.307 e. The largest absolute Gasteiger partial charge is 0.489 e. The van der Waals surface area contributed by atoms with Crippen molar-refractivity contribution < 1.29 is 28.9 Å². The van der Waals surface area contributed by atoms with Gasteiger partial charge in [0.05, 0.1) is 11.5 Å². The Balaban J connectivity index is 1.10. The quantitative estimate of drug-likeness (QED) is 0.338. The first-order valence-electron chi connectivity index (χ1n) is 14.2. The molecule has 3 aliphatic rings. The van der Waals surface area contributed by atoms with Crippen LogP contribution in [0, 0.1) is 30.5 Å². The number of fused-ring (bicyclic) bond motifs is 3. The molecule has 3 atom stereocenters. The Labute approximate surface area is 234 Å². The van der Waals surface area contributed by atoms with E-state index in [4.69, 9.17) is 9.47 Å². The molecule has 0 radical (unpaired) electrons. The number of pyridine rings is 1. The Morgan fingerprint density at radius 2 is 1.85 bits per heavy atom. The van der Waals surface area contributed by atoms with Crippen LogP contribution in [-0.4, -0.2) is 32.9 Å². The van der Waals surface area contributed by atoms with Crippen LogP contribution in [0.2, 0.25) is 0 Å². The predicted octanol–water partition coefficient (Wildman–Crippen LogP) is 6.45. The van der Waals surface area contributed by atoms with Gasteiger partial charge in [-0.3, -0.25) is 4.79 Å². The van der Waals surface area contributed by atoms with Crippen LogP contribution in [-0.2, 0) is 17.8 Å². The molecule has 2 saturated carbocycles. The number of carbonyl (C=O) groups is 1. The van der Waals surface area contributed by atoms with E-state index < -0.39 is 11.6 Å². The summed E-state index contributed by atoms with van der Waals surface area (Å²) < 4.78 is 26.9. The minimum Gasteiger partial charge on any atom is -0.489 e. The van der Waals surface area contributed by atoms with E-state index in [1.807, 2.05) is 51.1 Å². The number of aromatic nitrogens is 1. The fraction of sp³-hybridized carbons (Fsp3) is 0.455. The second-order valence-electron chi connectivity index (χ2n) is 12.2. The standard InChI is InChI=1S/C33H36FNO5/c1-18-25(11-13-29(35-18)40-23-7-5-22(6-8-23)33(2,3)38)19-4-12-28(34)21(14-19)17-39-24-9-10-26-20(15-24)16-27-30(26)31(27)32(36)37/h4,9-15,22-23,27,30-31,38H,5-8,16-17H2,1-3H3,(H,36,37). The van der Waals surface area contributed by atoms with Crippen LogP contribution >= 0.6 is 0 Å². The minimum absolute atomic E-state index is 0.0874. The summed E-state index contributed by atoms with van der Waals surface area (Å²) in [6.45, 7) is 5.77. The molecule has 2 N–H and O–H groups in total. The molecule has 3 unspecified atom stereocenters. The van der Waals surface area contributed by atoms with Gasteiger partial charge in [0.1, 0.15) is 24.3 Å². The molecule has 7 heteroatoms. The van der Waals surface area contributed by atoms with Crippen molar-refractivity contribution in [2.24, 2.45) is 17.8 Å². The third-order valence-corrected chi connectivity index (χ3v) is 9.15. The molecule has 0 bridgehead atoms. The monoisotopic (exact) mass is 545 g/mol. The summed E-state index contributed by atoms with van der Waals surface area (Å²) in [6, 6.07) is 14.6. The van der Waals surface area contributed by atoms with Crippen LogP contribution < -0.4 is 9.47 Å². The van der Waals surface area contributed by atoms with E-state index >= 15 is 0 Å². The van der Waals surface area contributed by atoms with Crippen LogP contribution in [0.15, 0.2) is 48.5 Å². The molecule has 1 aromatic heterocycles. The van der Waals surface area contributed by atoms with E-state index in [2.05, 4.69) is 4.98 Å². The number of carboxylic acid groups (broad SMARTS) is 1. The average molecular weight is 546 g/mol. The van der Waals surface area contributed by atoms with Gasteiger partial charge in [-0.2, -0.15) is 0 Å². The van der Waals surface area contributed by atoms with E-state index in [0.29, 0.717) is 23.1 Å². The van der Waals surface area contributed by atoms with Gasteiger partial charge in [-0.15, -0.1) is 0 Å². The Hall–Kier alpha value is -3.45. The lowest BCUT2D eigenvalue weighted by molar-refractivity contribution is -0.139. The molecule has 1 heterocycles. The van der Waals surface area contributed by atoms with Crippen molar-refractivity contribution in [3.05, 3.63) is 76.7 Å². The Morgan fingerprint density at radius 3 is 2.55 bits per heavy atom. The second-order valence-corrected chi connectivity index (χ2v) is 12.2. The molecule has 0 amide bonds. The highest BCUT2D eigenvalue weighted by molar-refractivity contribution is 5.78. The summed E-state index contributed by atoms with van der Waals surface area (Å²) in [4.78, 5) is 16.0. The maximum Gasteiger partial charge on any atom is 0.307 e. The van der Waals surface area contributed by atoms with Crippen LogP contribution in [0.5, 0.6) is 11.6 Å². The van der Waals surface area contributed by atoms with Crippen molar-refractivity contribution in [2.75, 3.05) is 0 Å². The first-order chi connectivity index (χ1) is 19.1. The SMILES string of the molecule is Cc1nc(OC2CCC(C(C)(C)O)CC2)ccc1-c1ccc(F)c(COc2ccc3c(c2)CC2C(C(=O)O)C32)c1. The topological polar surface area (TPSA) is 88.9 Å². The molecule has 2 aromatic carbocycles. The number of ether oxygens (including phenoxy) is 2. The zero-order valence-corrected chi connectivity index (χ0v) is 23.2. The molecule has 3 aliphatic carbocycles. The van der Waals surface area contributed by atoms with Gasteiger partial charge in [-0.25, -0.2) is 9.37 Å². The molecular weight excluding hydrogens is 509 g/mol. The number of aryl methyl sites for hydroxylation is 1. The van der Waals surface area contributed by atoms with Gasteiger partial charge in [0.2, 0.25) is 5.88 Å². The molecule has 0 aliphatic heterocycles. The van der Waals surface area contributed by atoms with Gasteiger partial charge in [-0.05, 0) is 112 Å². The van der Waals surface area contributed by atoms with Crippen molar-refractivity contribution in [2.45, 2.75) is 77.1 Å². The number of hydrogen-bond acceptors (Lipinski definition) is 5. The van der Waals surface area contributed by atoms with E-state index in [-0.39, 0.29) is 36.3 Å². The molecule has 6 nitrogen and oxygen atoms in total. The van der Waals surface area contributed by atoms with Crippen LogP contribution in [0.4, 0.5) is 4.39 Å². The van der Waals surface area contributed by atoms with Gasteiger partial charge in [0, 0.05) is 28.8 Å². The van der Waals surface area contributed by atoms with Gasteiger partial charge in [0.15, 0.2) is 0 Å². The molecular formula is C33H36FNO5. The highest BCUT2D eigenvalue weighted by Gasteiger charge is 2.59. The predicted molar refractivity (Wildman–Crippen MR) is 149 cm³/mol. The number of benzene rings is 2. The Bertz CT molecular complexity index is 1440. The summed E-state index contributed by atoms with van der Waals surface area (Å²) in [5.41, 5.74) is 4.60. The second kappa shape index (κ2) is 10.2. The highest BCUT2D eigenvalue weighted by Crippen LogP contribution is 2.61. The zero-order chi connectivity index (χ0) is 28.2. The average Bonchev–Trinajstić information content (AvgIpc) is 3.50. The molecule has 0 saturated heterocycles. The van der Waals surface area contributed by atoms with E-state index in [0.717, 1.165) is 60.1 Å². The summed E-state index contributed by atoms with van der Waals surface area (Å²) in [5, 5.41) is 19.6. The van der Waals surface area contributed by atoms with E-state index in [1.165, 1.54) is 6.07 Å². The van der Waals surface area contributed by atoms with Gasteiger partial charge in [-0.1, -0.05) is 12.1 Å². The zero-order valence-electron chi connectivity index (χ0n) is 23.2. The van der Waals surface area contributed by atoms with Gasteiger partial charge in [0.25, 0.3) is 0 Å². The molecule has 3 aromatic rings. The number of aliphatic carboxylic acids is 1. The Morgan fingerprint density at radius 1 is 1.07 bits per heavy atom. The summed E-state index contributed by atoms with van der Waals surface area (Å²) in [6.07, 6.45) is 4.51. The van der Waals surface area contributed by atoms with Crippen LogP contribution in [0.3, 0.4) is 0 Å². The molecule has 6 rings (SSSR count). The third-order valence-electron chi connectivity index (χ3n) is 9.15. The van der Waals surface area contributed by atoms with Crippen molar-refractivity contribution >= 4 is 5.97 Å². The molecule has 40 heavy (non-hydrogen) atoms. The molecule has 0 spiro atoms. The van der Waals surface area contributed by atoms with Gasteiger partial charge >= 0.3 is 5.97 Å². The van der Waals surface area contributed by atoms with Crippen molar-refractivity contribution in [1.82, 2.24) is 4.98 Å². The van der Waals surface area contributed by atoms with E-state index in [1.54, 1.807) is 12.1 Å². The lowest BCUT2D eigenvalue weighted by Gasteiger charge is -2.35. The summed E-state index contributed by atoms with van der Waals surface area (Å²) in [7, 11) is 0. The van der Waals surface area contributed by atoms with Crippen molar-refractivity contribution in [1.29, 1.82) is 0 Å². The maximum absolute atomic E-state index is 14.7. The Kier molecular flexibility index (Phi) is 6.81. The number of aliphatic hydroxyl groups is 1. The van der Waals surface area contributed by atoms with Crippen molar-refractivity contribution in [3.63, 3.8) is 0 Å². The number of hydrogen-bond donors (Lipinski definition) is 2. The molecule has 2 fully saturated rings. The number of nitrogens with zero attached hydrogens (tertiary/aromatic N) is 1. The maximum atomic E-state index is 14.7. The first-order valence-corrected chi connectivity index (χ1v) is 14.2.